The first-order valence-corrected chi connectivity index (χ1v) is 4.18. The highest BCUT2D eigenvalue weighted by Crippen LogP contribution is 2.31. The Bertz CT molecular complexity index is 104. The van der Waals surface area contributed by atoms with Crippen molar-refractivity contribution in [3.05, 3.63) is 12.7 Å². The molecule has 7 heavy (non-hydrogen) atoms. The summed E-state index contributed by atoms with van der Waals surface area (Å²) in [7, 11) is 0.184. The average Bonchev–Trinajstić information content (AvgIpc) is 1.58. The lowest BCUT2D eigenvalue weighted by Gasteiger charge is -2.18. The van der Waals surface area contributed by atoms with Gasteiger partial charge in [-0.2, -0.15) is 0 Å². The summed E-state index contributed by atoms with van der Waals surface area (Å²) in [6.45, 7) is 3.44. The number of hydrogen-bond acceptors (Lipinski definition) is 3. The lowest BCUT2D eigenvalue weighted by atomic mass is 10.7. The van der Waals surface area contributed by atoms with Crippen LogP contribution in [0.2, 0.25) is 0 Å². The molecule has 0 bridgehead atoms. The topological polar surface area (TPSA) is 26.3 Å². The number of rotatable bonds is 1. The van der Waals surface area contributed by atoms with Gasteiger partial charge in [0.05, 0.1) is 0 Å². The molecule has 0 amide bonds. The van der Waals surface area contributed by atoms with Gasteiger partial charge in [-0.3, -0.25) is 4.18 Å². The van der Waals surface area contributed by atoms with E-state index >= 15 is 0 Å². The molecular weight excluding hydrogens is 132 g/mol. The van der Waals surface area contributed by atoms with Gasteiger partial charge >= 0.3 is 0 Å². The van der Waals surface area contributed by atoms with Crippen molar-refractivity contribution in [3.63, 3.8) is 0 Å². The van der Waals surface area contributed by atoms with Crippen molar-refractivity contribution in [1.82, 2.24) is 0 Å². The number of hydrogen-bond donors (Lipinski definition) is 0. The Morgan fingerprint density at radius 2 is 2.57 bits per heavy atom. The molecule has 0 saturated carbocycles. The molecule has 1 fully saturated rings. The second-order valence-corrected chi connectivity index (χ2v) is 3.65. The molecule has 2 nitrogen and oxygen atoms in total. The van der Waals surface area contributed by atoms with Crippen molar-refractivity contribution in [2.24, 2.45) is 0 Å². The van der Waals surface area contributed by atoms with Crippen LogP contribution in [-0.4, -0.2) is 9.64 Å². The van der Waals surface area contributed by atoms with Crippen molar-refractivity contribution in [3.8, 4) is 0 Å². The maximum atomic E-state index is 10.1. The standard InChI is InChI=1S/C3H4O2S2/c1-2-3-5-7(4)6-3/h2-3H,1H2. The SMILES string of the molecule is C=CC1OS(=O)S1. The van der Waals surface area contributed by atoms with Gasteiger partial charge in [0.1, 0.15) is 0 Å². The van der Waals surface area contributed by atoms with E-state index in [0.717, 1.165) is 0 Å². The molecule has 4 heteroatoms. The molecule has 0 aliphatic carbocycles. The van der Waals surface area contributed by atoms with E-state index in [-0.39, 0.29) is 5.44 Å². The van der Waals surface area contributed by atoms with Crippen molar-refractivity contribution in [2.75, 3.05) is 0 Å². The van der Waals surface area contributed by atoms with Gasteiger partial charge in [-0.05, 0) is 0 Å². The summed E-state index contributed by atoms with van der Waals surface area (Å²) >= 11 is 0. The Hall–Kier alpha value is 0.200. The van der Waals surface area contributed by atoms with Crippen LogP contribution in [0.5, 0.6) is 0 Å². The third-order valence-electron chi connectivity index (χ3n) is 0.539. The molecule has 0 N–H and O–H groups in total. The first kappa shape index (κ1) is 5.34. The molecule has 0 aromatic rings. The predicted octanol–water partition coefficient (Wildman–Crippen LogP) is 0.841. The van der Waals surface area contributed by atoms with Crippen LogP contribution in [0.25, 0.3) is 0 Å². The van der Waals surface area contributed by atoms with Crippen molar-refractivity contribution < 1.29 is 8.39 Å². The van der Waals surface area contributed by atoms with Crippen LogP contribution in [0.4, 0.5) is 0 Å². The predicted molar refractivity (Wildman–Crippen MR) is 30.8 cm³/mol. The van der Waals surface area contributed by atoms with E-state index in [4.69, 9.17) is 0 Å². The van der Waals surface area contributed by atoms with E-state index in [1.807, 2.05) is 0 Å². The first-order valence-electron chi connectivity index (χ1n) is 1.71. The summed E-state index contributed by atoms with van der Waals surface area (Å²) in [5, 5.41) is 0. The van der Waals surface area contributed by atoms with E-state index in [2.05, 4.69) is 10.8 Å². The van der Waals surface area contributed by atoms with Gasteiger partial charge in [0.15, 0.2) is 5.44 Å². The summed E-state index contributed by atoms with van der Waals surface area (Å²) in [6, 6.07) is 0. The molecule has 1 aliphatic heterocycles. The molecule has 40 valence electrons. The minimum Gasteiger partial charge on any atom is -0.262 e. The lowest BCUT2D eigenvalue weighted by molar-refractivity contribution is 0.357. The summed E-state index contributed by atoms with van der Waals surface area (Å²) in [4.78, 5) is 0. The summed E-state index contributed by atoms with van der Waals surface area (Å²) in [5.74, 6) is 0. The Morgan fingerprint density at radius 3 is 2.71 bits per heavy atom. The molecule has 0 radical (unpaired) electrons. The maximum absolute atomic E-state index is 10.1. The molecular formula is C3H4O2S2. The highest BCUT2D eigenvalue weighted by atomic mass is 33.1. The van der Waals surface area contributed by atoms with E-state index in [0.29, 0.717) is 0 Å². The van der Waals surface area contributed by atoms with Crippen LogP contribution < -0.4 is 0 Å². The second kappa shape index (κ2) is 1.98. The van der Waals surface area contributed by atoms with Gasteiger partial charge in [-0.1, -0.05) is 12.7 Å². The molecule has 1 rings (SSSR count). The zero-order valence-corrected chi connectivity index (χ0v) is 5.13. The van der Waals surface area contributed by atoms with E-state index in [1.54, 1.807) is 6.08 Å². The van der Waals surface area contributed by atoms with Crippen molar-refractivity contribution in [1.29, 1.82) is 0 Å². The zero-order chi connectivity index (χ0) is 5.28. The minimum atomic E-state index is -1.08. The van der Waals surface area contributed by atoms with Crippen LogP contribution >= 0.6 is 10.8 Å². The highest BCUT2D eigenvalue weighted by molar-refractivity contribution is 8.69. The highest BCUT2D eigenvalue weighted by Gasteiger charge is 2.24. The summed E-state index contributed by atoms with van der Waals surface area (Å²) < 4.78 is 14.7. The lowest BCUT2D eigenvalue weighted by Crippen LogP contribution is -2.16. The minimum absolute atomic E-state index is 0.0270. The fraction of sp³-hybridized carbons (Fsp3) is 0.333. The van der Waals surface area contributed by atoms with E-state index in [1.165, 1.54) is 10.8 Å². The molecule has 2 unspecified atom stereocenters. The Balaban J connectivity index is 2.29. The second-order valence-electron chi connectivity index (χ2n) is 1.00. The van der Waals surface area contributed by atoms with Crippen LogP contribution in [0, 0.1) is 0 Å². The molecule has 1 heterocycles. The molecule has 0 aromatic carbocycles. The molecule has 1 saturated heterocycles. The van der Waals surface area contributed by atoms with Crippen molar-refractivity contribution in [2.45, 2.75) is 5.44 Å². The van der Waals surface area contributed by atoms with Gasteiger partial charge in [0.25, 0.3) is 0 Å². The molecule has 1 aliphatic rings. The quantitative estimate of drug-likeness (QED) is 0.394. The average molecular weight is 136 g/mol. The van der Waals surface area contributed by atoms with Gasteiger partial charge in [0.2, 0.25) is 10.1 Å². The summed E-state index contributed by atoms with van der Waals surface area (Å²) in [5.41, 5.74) is -0.0270. The van der Waals surface area contributed by atoms with E-state index < -0.39 is 10.1 Å². The molecule has 2 atom stereocenters. The zero-order valence-electron chi connectivity index (χ0n) is 3.49. The van der Waals surface area contributed by atoms with Crippen LogP contribution in [0.3, 0.4) is 0 Å². The third-order valence-corrected chi connectivity index (χ3v) is 2.94. The van der Waals surface area contributed by atoms with Gasteiger partial charge in [-0.25, -0.2) is 4.21 Å². The van der Waals surface area contributed by atoms with Crippen LogP contribution in [-0.2, 0) is 14.3 Å². The Labute approximate surface area is 48.0 Å². The smallest absolute Gasteiger partial charge is 0.223 e. The van der Waals surface area contributed by atoms with Crippen LogP contribution in [0.15, 0.2) is 12.7 Å². The first-order chi connectivity index (χ1) is 3.33. The van der Waals surface area contributed by atoms with E-state index in [9.17, 15) is 4.21 Å². The van der Waals surface area contributed by atoms with Gasteiger partial charge in [0, 0.05) is 10.8 Å². The van der Waals surface area contributed by atoms with Crippen LogP contribution in [0.1, 0.15) is 0 Å². The monoisotopic (exact) mass is 136 g/mol. The normalized spacial score (nSPS) is 39.4. The third kappa shape index (κ3) is 1.05. The van der Waals surface area contributed by atoms with Crippen molar-refractivity contribution >= 4 is 20.9 Å². The fourth-order valence-electron chi connectivity index (χ4n) is 0.241. The largest absolute Gasteiger partial charge is 0.262 e. The molecule has 0 spiro atoms. The Kier molecular flexibility index (Phi) is 1.51. The van der Waals surface area contributed by atoms with Gasteiger partial charge < -0.3 is 0 Å². The van der Waals surface area contributed by atoms with Gasteiger partial charge in [-0.15, -0.1) is 0 Å². The summed E-state index contributed by atoms with van der Waals surface area (Å²) in [6.07, 6.45) is 1.62. The Morgan fingerprint density at radius 1 is 2.00 bits per heavy atom. The maximum Gasteiger partial charge on any atom is 0.223 e. The molecule has 0 aromatic heterocycles. The fourth-order valence-corrected chi connectivity index (χ4v) is 1.79.